The van der Waals surface area contributed by atoms with Crippen LogP contribution in [0.15, 0.2) is 82.1 Å². The smallest absolute Gasteiger partial charge is 0.282 e. The number of thiol groups is 1. The molecule has 0 amide bonds. The van der Waals surface area contributed by atoms with Gasteiger partial charge in [-0.3, -0.25) is 23.2 Å². The number of carbonyl (C=O) groups is 1. The van der Waals surface area contributed by atoms with E-state index in [1.165, 1.54) is 60.9 Å². The lowest BCUT2D eigenvalue weighted by molar-refractivity contribution is 0.0978. The van der Waals surface area contributed by atoms with Crippen LogP contribution in [-0.4, -0.2) is 51.6 Å². The number of nitrogens with zero attached hydrogens (tertiary/aromatic N) is 6. The summed E-state index contributed by atoms with van der Waals surface area (Å²) in [6.45, 7) is 7.29. The number of Topliss-reactive ketones (excluding diaryl/α,β-unsaturated/α-hetero) is 1. The first-order chi connectivity index (χ1) is 21.2. The largest absolute Gasteiger partial charge is 0.392 e. The molecule has 0 unspecified atom stereocenters. The second-order valence-corrected chi connectivity index (χ2v) is 9.01. The molecule has 46 heavy (non-hydrogen) atoms. The van der Waals surface area contributed by atoms with Crippen molar-refractivity contribution in [1.29, 1.82) is 0 Å². The topological polar surface area (TPSA) is 124 Å². The predicted molar refractivity (Wildman–Crippen MR) is 168 cm³/mol. The quantitative estimate of drug-likeness (QED) is 0.134. The van der Waals surface area contributed by atoms with E-state index in [0.717, 1.165) is 0 Å². The Balaban J connectivity index is 0. The Kier molecular flexibility index (Phi) is 21.3. The number of rotatable bonds is 6. The maximum Gasteiger partial charge on any atom is 0.282 e. The molecule has 0 aromatic carbocycles. The van der Waals surface area contributed by atoms with Crippen LogP contribution in [-0.2, 0) is 7.05 Å². The second kappa shape index (κ2) is 22.3. The molecule has 0 aliphatic rings. The van der Waals surface area contributed by atoms with Crippen molar-refractivity contribution in [2.75, 3.05) is 12.4 Å². The molecule has 4 heterocycles. The van der Waals surface area contributed by atoms with Gasteiger partial charge in [0.1, 0.15) is 29.4 Å². The average molecular weight is 681 g/mol. The first kappa shape index (κ1) is 43.9. The van der Waals surface area contributed by atoms with Gasteiger partial charge in [0.15, 0.2) is 5.78 Å². The van der Waals surface area contributed by atoms with E-state index in [1.807, 2.05) is 13.8 Å². The van der Waals surface area contributed by atoms with Crippen LogP contribution < -0.4 is 11.1 Å². The highest BCUT2D eigenvalue weighted by atomic mass is 32.1. The molecule has 4 aromatic rings. The first-order valence-corrected chi connectivity index (χ1v) is 13.7. The standard InChI is InChI=1S/C10H12F2N2O.C8H4N4O2.C4H6F2O.C4H6F2S.C2H6.CH4/c1-7(10(11)12)3-4-9(15)8-5-14(2)6-13-8;13-7-5-1-9-3-11(5)8(14)6-2-10-4-12(6)7;2*1-3(2-7)4(5)6;1-2;/h5-6H,3-4H2,1-2H3;1-4H;2*7H,2H2,1H3;1-2H3;1H4. The molecule has 4 aromatic heterocycles. The molecule has 0 spiro atoms. The van der Waals surface area contributed by atoms with Gasteiger partial charge in [-0.25, -0.2) is 15.0 Å². The Morgan fingerprint density at radius 1 is 0.783 bits per heavy atom. The Labute approximate surface area is 267 Å². The van der Waals surface area contributed by atoms with Crippen LogP contribution in [0.1, 0.15) is 65.4 Å². The third-order valence-electron chi connectivity index (χ3n) is 5.31. The Morgan fingerprint density at radius 2 is 1.22 bits per heavy atom. The van der Waals surface area contributed by atoms with Gasteiger partial charge in [0.05, 0.1) is 25.3 Å². The molecule has 17 heteroatoms. The molecular weight excluding hydrogens is 642 g/mol. The van der Waals surface area contributed by atoms with Crippen molar-refractivity contribution in [3.63, 3.8) is 0 Å². The van der Waals surface area contributed by atoms with Crippen LogP contribution in [0.5, 0.6) is 0 Å². The van der Waals surface area contributed by atoms with Crippen molar-refractivity contribution in [2.24, 2.45) is 7.05 Å². The molecule has 4 rings (SSSR count). The van der Waals surface area contributed by atoms with E-state index in [-0.39, 0.29) is 70.7 Å². The SMILES string of the molecule is C.CC.CC(CCC(=O)c1cn(C)cn1)=C(F)F.CC(CO)=C(F)F.CC(CS)=C(F)F.O=c1c2cncn2c(=O)c2cncn12. The zero-order valence-electron chi connectivity index (χ0n) is 25.4. The molecule has 10 nitrogen and oxygen atoms in total. The number of aromatic nitrogens is 6. The number of ketones is 1. The maximum absolute atomic E-state index is 12.0. The number of aryl methyl sites for hydroxylation is 1. The van der Waals surface area contributed by atoms with Crippen molar-refractivity contribution < 1.29 is 36.2 Å². The van der Waals surface area contributed by atoms with Gasteiger partial charge < -0.3 is 9.67 Å². The van der Waals surface area contributed by atoms with E-state index in [1.54, 1.807) is 17.8 Å². The van der Waals surface area contributed by atoms with Crippen molar-refractivity contribution in [1.82, 2.24) is 28.3 Å². The summed E-state index contributed by atoms with van der Waals surface area (Å²) in [5.41, 5.74) is 0.0254. The van der Waals surface area contributed by atoms with Gasteiger partial charge in [0.25, 0.3) is 29.4 Å². The summed E-state index contributed by atoms with van der Waals surface area (Å²) in [5.74, 6) is -0.0706. The van der Waals surface area contributed by atoms with Crippen LogP contribution in [0.25, 0.3) is 11.0 Å². The summed E-state index contributed by atoms with van der Waals surface area (Å²) in [5, 5.41) is 7.97. The van der Waals surface area contributed by atoms with Gasteiger partial charge in [0.2, 0.25) is 0 Å². The van der Waals surface area contributed by atoms with Crippen molar-refractivity contribution in [3.05, 3.63) is 98.9 Å². The minimum Gasteiger partial charge on any atom is -0.392 e. The van der Waals surface area contributed by atoms with E-state index in [0.29, 0.717) is 5.69 Å². The Hall–Kier alpha value is -4.25. The van der Waals surface area contributed by atoms with E-state index < -0.39 is 24.8 Å². The van der Waals surface area contributed by atoms with Crippen LogP contribution >= 0.6 is 12.6 Å². The lowest BCUT2D eigenvalue weighted by Crippen LogP contribution is -2.24. The number of carbonyl (C=O) groups excluding carboxylic acids is 1. The van der Waals surface area contributed by atoms with Gasteiger partial charge in [-0.1, -0.05) is 21.3 Å². The van der Waals surface area contributed by atoms with Crippen LogP contribution in [0.3, 0.4) is 0 Å². The fourth-order valence-electron chi connectivity index (χ4n) is 2.68. The van der Waals surface area contributed by atoms with E-state index in [9.17, 15) is 40.7 Å². The van der Waals surface area contributed by atoms with E-state index in [2.05, 4.69) is 27.6 Å². The van der Waals surface area contributed by atoms with Crippen molar-refractivity contribution in [3.8, 4) is 0 Å². The minimum atomic E-state index is -1.79. The minimum absolute atomic E-state index is 0. The van der Waals surface area contributed by atoms with Crippen LogP contribution in [0.4, 0.5) is 26.3 Å². The van der Waals surface area contributed by atoms with Crippen LogP contribution in [0, 0.1) is 0 Å². The number of aliphatic hydroxyl groups excluding tert-OH is 1. The summed E-state index contributed by atoms with van der Waals surface area (Å²) < 4.78 is 73.0. The molecule has 0 saturated heterocycles. The molecule has 0 fully saturated rings. The number of hydrogen-bond donors (Lipinski definition) is 2. The molecule has 0 saturated carbocycles. The summed E-state index contributed by atoms with van der Waals surface area (Å²) >= 11 is 3.62. The molecule has 0 aliphatic carbocycles. The summed E-state index contributed by atoms with van der Waals surface area (Å²) in [6, 6.07) is 0. The fourth-order valence-corrected chi connectivity index (χ4v) is 2.80. The Morgan fingerprint density at radius 3 is 1.50 bits per heavy atom. The number of halogens is 6. The van der Waals surface area contributed by atoms with Gasteiger partial charge in [-0.2, -0.15) is 39.0 Å². The van der Waals surface area contributed by atoms with Gasteiger partial charge in [-0.05, 0) is 32.8 Å². The van der Waals surface area contributed by atoms with Crippen molar-refractivity contribution >= 4 is 29.4 Å². The zero-order chi connectivity index (χ0) is 34.9. The maximum atomic E-state index is 12.0. The zero-order valence-corrected chi connectivity index (χ0v) is 26.3. The number of imidazole rings is 3. The van der Waals surface area contributed by atoms with E-state index >= 15 is 0 Å². The highest BCUT2D eigenvalue weighted by Crippen LogP contribution is 2.14. The lowest BCUT2D eigenvalue weighted by Gasteiger charge is -1.97. The van der Waals surface area contributed by atoms with Crippen molar-refractivity contribution in [2.45, 2.75) is 54.9 Å². The number of allylic oxidation sites excluding steroid dienone is 1. The van der Waals surface area contributed by atoms with Gasteiger partial charge in [0, 0.05) is 36.6 Å². The molecule has 256 valence electrons. The summed E-state index contributed by atoms with van der Waals surface area (Å²) in [4.78, 5) is 46.2. The molecule has 0 aliphatic heterocycles. The number of hydrogen-bond acceptors (Lipinski definition) is 8. The molecule has 0 atom stereocenters. The summed E-state index contributed by atoms with van der Waals surface area (Å²) in [6.07, 6.45) is 3.50. The normalized spacial score (nSPS) is 9.52. The number of fused-ring (bicyclic) bond motifs is 2. The predicted octanol–water partition coefficient (Wildman–Crippen LogP) is 6.59. The monoisotopic (exact) mass is 680 g/mol. The summed E-state index contributed by atoms with van der Waals surface area (Å²) in [7, 11) is 1.75. The highest BCUT2D eigenvalue weighted by molar-refractivity contribution is 7.80. The molecule has 0 bridgehead atoms. The lowest BCUT2D eigenvalue weighted by atomic mass is 10.1. The number of aliphatic hydroxyl groups is 1. The average Bonchev–Trinajstić information content (AvgIpc) is 3.81. The third-order valence-corrected chi connectivity index (χ3v) is 5.79. The molecule has 1 N–H and O–H groups in total. The Bertz CT molecular complexity index is 1580. The van der Waals surface area contributed by atoms with Gasteiger partial charge in [-0.15, -0.1) is 0 Å². The van der Waals surface area contributed by atoms with Gasteiger partial charge >= 0.3 is 0 Å². The molecular formula is C29H38F6N6O4S. The highest BCUT2D eigenvalue weighted by Gasteiger charge is 2.11. The fraction of sp³-hybridized carbons (Fsp3) is 0.379. The third kappa shape index (κ3) is 13.8. The van der Waals surface area contributed by atoms with E-state index in [4.69, 9.17) is 5.11 Å². The molecule has 0 radical (unpaired) electrons. The first-order valence-electron chi connectivity index (χ1n) is 13.0. The second-order valence-electron chi connectivity index (χ2n) is 8.69. The van der Waals surface area contributed by atoms with Crippen LogP contribution in [0.2, 0.25) is 0 Å².